The van der Waals surface area contributed by atoms with E-state index in [9.17, 15) is 0 Å². The Morgan fingerprint density at radius 2 is 0.784 bits per heavy atom. The Morgan fingerprint density at radius 1 is 0.432 bits per heavy atom. The highest BCUT2D eigenvalue weighted by Gasteiger charge is 2.31. The molecule has 2 unspecified atom stereocenters. The fraction of sp³-hybridized carbons (Fsp3) is 0.0667. The summed E-state index contributed by atoms with van der Waals surface area (Å²) in [6.45, 7) is 0. The number of rotatable bonds is 8. The van der Waals surface area contributed by atoms with Gasteiger partial charge in [0.2, 0.25) is 23.6 Å². The van der Waals surface area contributed by atoms with Crippen molar-refractivity contribution >= 4 is 11.8 Å². The van der Waals surface area contributed by atoms with Crippen molar-refractivity contribution in [2.45, 2.75) is 10.5 Å². The van der Waals surface area contributed by atoms with Crippen molar-refractivity contribution in [3.8, 4) is 22.9 Å². The SMILES string of the molecule is c1ccc(-c2nnc(C(SC(c3ccccc3)c3nnc(-c4ccccc4)o3)c3ccccc3)o2)cc1. The lowest BCUT2D eigenvalue weighted by atomic mass is 10.1. The first kappa shape index (κ1) is 22.9. The Bertz CT molecular complexity index is 1440. The maximum Gasteiger partial charge on any atom is 0.247 e. The van der Waals surface area contributed by atoms with Gasteiger partial charge >= 0.3 is 0 Å². The molecule has 2 aromatic heterocycles. The summed E-state index contributed by atoms with van der Waals surface area (Å²) in [5.74, 6) is 1.99. The Morgan fingerprint density at radius 3 is 1.16 bits per heavy atom. The van der Waals surface area contributed by atoms with Crippen LogP contribution in [0.5, 0.6) is 0 Å². The molecule has 0 fully saturated rings. The predicted molar refractivity (Wildman–Crippen MR) is 144 cm³/mol. The first-order valence-corrected chi connectivity index (χ1v) is 12.8. The molecule has 7 heteroatoms. The van der Waals surface area contributed by atoms with Crippen LogP contribution < -0.4 is 0 Å². The lowest BCUT2D eigenvalue weighted by molar-refractivity contribution is 0.508. The first-order valence-electron chi connectivity index (χ1n) is 11.9. The Balaban J connectivity index is 1.40. The molecule has 0 amide bonds. The maximum absolute atomic E-state index is 6.22. The lowest BCUT2D eigenvalue weighted by Gasteiger charge is -2.19. The standard InChI is InChI=1S/C30H22N4O2S/c1-5-13-21(14-6-1)25(29-33-31-27(35-29)23-17-9-3-10-18-23)37-26(22-15-7-2-8-16-22)30-34-32-28(36-30)24-19-11-4-12-20-24/h1-20,25-26H. The molecule has 0 aliphatic rings. The topological polar surface area (TPSA) is 77.8 Å². The molecule has 6 aromatic rings. The zero-order valence-corrected chi connectivity index (χ0v) is 20.5. The molecule has 0 N–H and O–H groups in total. The number of hydrogen-bond acceptors (Lipinski definition) is 7. The van der Waals surface area contributed by atoms with Gasteiger partial charge in [-0.1, -0.05) is 97.1 Å². The number of aromatic nitrogens is 4. The Kier molecular flexibility index (Phi) is 6.60. The second kappa shape index (κ2) is 10.6. The third kappa shape index (κ3) is 5.08. The second-order valence-corrected chi connectivity index (χ2v) is 9.56. The average Bonchev–Trinajstić information content (AvgIpc) is 3.67. The lowest BCUT2D eigenvalue weighted by Crippen LogP contribution is -2.04. The van der Waals surface area contributed by atoms with Crippen LogP contribution in [0.15, 0.2) is 130 Å². The van der Waals surface area contributed by atoms with Crippen molar-refractivity contribution in [2.75, 3.05) is 0 Å². The number of benzene rings is 4. The summed E-state index contributed by atoms with van der Waals surface area (Å²) >= 11 is 1.63. The summed E-state index contributed by atoms with van der Waals surface area (Å²) in [7, 11) is 0. The number of nitrogens with zero attached hydrogens (tertiary/aromatic N) is 4. The molecule has 0 saturated heterocycles. The fourth-order valence-electron chi connectivity index (χ4n) is 4.03. The third-order valence-corrected chi connectivity index (χ3v) is 7.34. The van der Waals surface area contributed by atoms with Gasteiger partial charge in [-0.3, -0.25) is 0 Å². The minimum absolute atomic E-state index is 0.261. The highest BCUT2D eigenvalue weighted by atomic mass is 32.2. The van der Waals surface area contributed by atoms with Crippen LogP contribution in [0.1, 0.15) is 33.4 Å². The van der Waals surface area contributed by atoms with Gasteiger partial charge in [-0.15, -0.1) is 32.2 Å². The van der Waals surface area contributed by atoms with Crippen LogP contribution in [0.3, 0.4) is 0 Å². The van der Waals surface area contributed by atoms with Crippen molar-refractivity contribution < 1.29 is 8.83 Å². The summed E-state index contributed by atoms with van der Waals surface area (Å²) < 4.78 is 12.4. The van der Waals surface area contributed by atoms with Gasteiger partial charge in [0.15, 0.2) is 0 Å². The van der Waals surface area contributed by atoms with Crippen molar-refractivity contribution in [1.29, 1.82) is 0 Å². The summed E-state index contributed by atoms with van der Waals surface area (Å²) in [5, 5.41) is 17.1. The summed E-state index contributed by atoms with van der Waals surface area (Å²) in [5.41, 5.74) is 3.84. The Labute approximate surface area is 218 Å². The zero-order valence-electron chi connectivity index (χ0n) is 19.7. The molecule has 6 nitrogen and oxygen atoms in total. The normalized spacial score (nSPS) is 12.8. The molecule has 0 saturated carbocycles. The van der Waals surface area contributed by atoms with Crippen LogP contribution in [-0.2, 0) is 0 Å². The molecule has 2 heterocycles. The van der Waals surface area contributed by atoms with Crippen molar-refractivity contribution in [3.05, 3.63) is 144 Å². The van der Waals surface area contributed by atoms with Crippen molar-refractivity contribution in [1.82, 2.24) is 20.4 Å². The molecular weight excluding hydrogens is 480 g/mol. The largest absolute Gasteiger partial charge is 0.419 e. The van der Waals surface area contributed by atoms with E-state index < -0.39 is 0 Å². The van der Waals surface area contributed by atoms with E-state index in [4.69, 9.17) is 8.83 Å². The highest BCUT2D eigenvalue weighted by Crippen LogP contribution is 2.47. The predicted octanol–water partition coefficient (Wildman–Crippen LogP) is 7.40. The third-order valence-electron chi connectivity index (χ3n) is 5.85. The van der Waals surface area contributed by atoms with E-state index in [2.05, 4.69) is 44.7 Å². The quantitative estimate of drug-likeness (QED) is 0.215. The zero-order chi connectivity index (χ0) is 24.9. The van der Waals surface area contributed by atoms with Gasteiger partial charge in [0.1, 0.15) is 10.5 Å². The number of thioether (sulfide) groups is 1. The minimum atomic E-state index is -0.261. The van der Waals surface area contributed by atoms with Crippen LogP contribution in [0.25, 0.3) is 22.9 Å². The van der Waals surface area contributed by atoms with E-state index in [1.807, 2.05) is 97.1 Å². The molecule has 0 aliphatic carbocycles. The van der Waals surface area contributed by atoms with Crippen LogP contribution >= 0.6 is 11.8 Å². The minimum Gasteiger partial charge on any atom is -0.419 e. The van der Waals surface area contributed by atoms with E-state index in [-0.39, 0.29) is 10.5 Å². The highest BCUT2D eigenvalue weighted by molar-refractivity contribution is 8.00. The van der Waals surface area contributed by atoms with Crippen LogP contribution in [0.2, 0.25) is 0 Å². The van der Waals surface area contributed by atoms with Gasteiger partial charge in [-0.05, 0) is 35.4 Å². The van der Waals surface area contributed by atoms with E-state index in [0.717, 1.165) is 22.3 Å². The molecular formula is C30H22N4O2S. The fourth-order valence-corrected chi connectivity index (χ4v) is 5.35. The van der Waals surface area contributed by atoms with Gasteiger partial charge in [0.05, 0.1) is 0 Å². The summed E-state index contributed by atoms with van der Waals surface area (Å²) in [6, 6.07) is 39.8. The van der Waals surface area contributed by atoms with Crippen LogP contribution in [-0.4, -0.2) is 20.4 Å². The van der Waals surface area contributed by atoms with Crippen LogP contribution in [0.4, 0.5) is 0 Å². The van der Waals surface area contributed by atoms with Gasteiger partial charge in [0, 0.05) is 11.1 Å². The molecule has 4 aromatic carbocycles. The van der Waals surface area contributed by atoms with Crippen LogP contribution in [0, 0.1) is 0 Å². The van der Waals surface area contributed by atoms with E-state index in [1.54, 1.807) is 11.8 Å². The monoisotopic (exact) mass is 502 g/mol. The summed E-state index contributed by atoms with van der Waals surface area (Å²) in [4.78, 5) is 0. The molecule has 2 atom stereocenters. The van der Waals surface area contributed by atoms with Gasteiger partial charge in [-0.2, -0.15) is 0 Å². The second-order valence-electron chi connectivity index (χ2n) is 8.34. The smallest absolute Gasteiger partial charge is 0.247 e. The van der Waals surface area contributed by atoms with Gasteiger partial charge in [-0.25, -0.2) is 0 Å². The average molecular weight is 503 g/mol. The van der Waals surface area contributed by atoms with Gasteiger partial charge < -0.3 is 8.83 Å². The molecule has 180 valence electrons. The van der Waals surface area contributed by atoms with E-state index in [0.29, 0.717) is 23.6 Å². The molecule has 0 bridgehead atoms. The summed E-state index contributed by atoms with van der Waals surface area (Å²) in [6.07, 6.45) is 0. The molecule has 0 radical (unpaired) electrons. The molecule has 0 aliphatic heterocycles. The molecule has 37 heavy (non-hydrogen) atoms. The molecule has 0 spiro atoms. The molecule has 6 rings (SSSR count). The van der Waals surface area contributed by atoms with E-state index in [1.165, 1.54) is 0 Å². The van der Waals surface area contributed by atoms with Gasteiger partial charge in [0.25, 0.3) is 0 Å². The van der Waals surface area contributed by atoms with Crippen molar-refractivity contribution in [3.63, 3.8) is 0 Å². The first-order chi connectivity index (χ1) is 18.3. The Hall–Kier alpha value is -4.49. The van der Waals surface area contributed by atoms with Crippen molar-refractivity contribution in [2.24, 2.45) is 0 Å². The maximum atomic E-state index is 6.22. The van der Waals surface area contributed by atoms with E-state index >= 15 is 0 Å². The number of hydrogen-bond donors (Lipinski definition) is 0.